The van der Waals surface area contributed by atoms with E-state index in [1.54, 1.807) is 13.2 Å². The maximum absolute atomic E-state index is 11.3. The summed E-state index contributed by atoms with van der Waals surface area (Å²) < 4.78 is 5.10. The third-order valence-corrected chi connectivity index (χ3v) is 3.82. The summed E-state index contributed by atoms with van der Waals surface area (Å²) >= 11 is 6.67. The first-order valence-electron chi connectivity index (χ1n) is 5.72. The minimum atomic E-state index is -0.293. The van der Waals surface area contributed by atoms with Crippen LogP contribution >= 0.6 is 22.9 Å². The number of thiophene rings is 1. The molecule has 0 aliphatic rings. The summed E-state index contributed by atoms with van der Waals surface area (Å²) in [5.41, 5.74) is 1.68. The standard InChI is InChI=1S/C14H11ClN2O2S/c1-19-10-4-2-9(3-5-10)11-6-14(17-13(18)7-15)20-12(11)8-16/h2-6H,7H2,1H3,(H,17,18). The number of alkyl halides is 1. The molecule has 102 valence electrons. The number of carbonyl (C=O) groups is 1. The molecule has 0 aliphatic carbocycles. The van der Waals surface area contributed by atoms with Crippen LogP contribution in [0.25, 0.3) is 11.1 Å². The van der Waals surface area contributed by atoms with Crippen LogP contribution in [0.15, 0.2) is 30.3 Å². The maximum Gasteiger partial charge on any atom is 0.239 e. The van der Waals surface area contributed by atoms with Gasteiger partial charge in [-0.25, -0.2) is 0 Å². The van der Waals surface area contributed by atoms with Gasteiger partial charge in [-0.2, -0.15) is 5.26 Å². The predicted molar refractivity (Wildman–Crippen MR) is 80.4 cm³/mol. The molecule has 0 radical (unpaired) electrons. The van der Waals surface area contributed by atoms with Crippen LogP contribution in [0.1, 0.15) is 4.88 Å². The zero-order chi connectivity index (χ0) is 14.5. The molecule has 1 amide bonds. The van der Waals surface area contributed by atoms with Gasteiger partial charge in [0.15, 0.2) is 0 Å². The molecule has 0 unspecified atom stereocenters. The van der Waals surface area contributed by atoms with Crippen molar-refractivity contribution in [3.05, 3.63) is 35.2 Å². The second kappa shape index (κ2) is 6.42. The van der Waals surface area contributed by atoms with Crippen LogP contribution in [0.5, 0.6) is 5.75 Å². The molecule has 0 spiro atoms. The van der Waals surface area contributed by atoms with Crippen molar-refractivity contribution in [1.29, 1.82) is 5.26 Å². The average Bonchev–Trinajstić information content (AvgIpc) is 2.90. The van der Waals surface area contributed by atoms with Crippen LogP contribution in [-0.4, -0.2) is 18.9 Å². The number of halogens is 1. The Balaban J connectivity index is 2.35. The zero-order valence-electron chi connectivity index (χ0n) is 10.6. The van der Waals surface area contributed by atoms with E-state index in [1.165, 1.54) is 11.3 Å². The number of hydrogen-bond donors (Lipinski definition) is 1. The van der Waals surface area contributed by atoms with E-state index in [0.717, 1.165) is 16.9 Å². The van der Waals surface area contributed by atoms with Crippen LogP contribution < -0.4 is 10.1 Å². The molecule has 20 heavy (non-hydrogen) atoms. The summed E-state index contributed by atoms with van der Waals surface area (Å²) in [5.74, 6) is 0.342. The third kappa shape index (κ3) is 3.10. The number of amides is 1. The summed E-state index contributed by atoms with van der Waals surface area (Å²) in [6, 6.07) is 11.3. The summed E-state index contributed by atoms with van der Waals surface area (Å²) in [4.78, 5) is 11.8. The van der Waals surface area contributed by atoms with Crippen LogP contribution in [-0.2, 0) is 4.79 Å². The van der Waals surface area contributed by atoms with E-state index < -0.39 is 0 Å². The highest BCUT2D eigenvalue weighted by Crippen LogP contribution is 2.34. The van der Waals surface area contributed by atoms with Crippen molar-refractivity contribution in [2.45, 2.75) is 0 Å². The Hall–Kier alpha value is -2.03. The number of anilines is 1. The van der Waals surface area contributed by atoms with Crippen LogP contribution in [0.3, 0.4) is 0 Å². The van der Waals surface area contributed by atoms with Gasteiger partial charge in [-0.05, 0) is 23.8 Å². The largest absolute Gasteiger partial charge is 0.497 e. The van der Waals surface area contributed by atoms with Crippen molar-refractivity contribution in [1.82, 2.24) is 0 Å². The van der Waals surface area contributed by atoms with Crippen molar-refractivity contribution in [3.8, 4) is 22.9 Å². The first-order chi connectivity index (χ1) is 9.67. The molecule has 0 aliphatic heterocycles. The third-order valence-electron chi connectivity index (χ3n) is 2.62. The van der Waals surface area contributed by atoms with Gasteiger partial charge in [0.2, 0.25) is 5.91 Å². The maximum atomic E-state index is 11.3. The molecule has 4 nitrogen and oxygen atoms in total. The lowest BCUT2D eigenvalue weighted by Gasteiger charge is -2.02. The molecule has 1 aromatic carbocycles. The van der Waals surface area contributed by atoms with E-state index in [2.05, 4.69) is 11.4 Å². The van der Waals surface area contributed by atoms with E-state index in [4.69, 9.17) is 16.3 Å². The molecule has 6 heteroatoms. The Morgan fingerprint density at radius 3 is 2.70 bits per heavy atom. The molecule has 0 saturated heterocycles. The van der Waals surface area contributed by atoms with Crippen LogP contribution in [0, 0.1) is 11.3 Å². The topological polar surface area (TPSA) is 62.1 Å². The van der Waals surface area contributed by atoms with Gasteiger partial charge in [-0.3, -0.25) is 4.79 Å². The van der Waals surface area contributed by atoms with Crippen molar-refractivity contribution in [3.63, 3.8) is 0 Å². The minimum absolute atomic E-state index is 0.113. The second-order valence-electron chi connectivity index (χ2n) is 3.88. The smallest absolute Gasteiger partial charge is 0.239 e. The van der Waals surface area contributed by atoms with Gasteiger partial charge in [0.25, 0.3) is 0 Å². The van der Waals surface area contributed by atoms with Gasteiger partial charge >= 0.3 is 0 Å². The molecule has 2 aromatic rings. The number of nitriles is 1. The number of methoxy groups -OCH3 is 1. The summed E-state index contributed by atoms with van der Waals surface area (Å²) in [5, 5.41) is 12.4. The fourth-order valence-corrected chi connectivity index (χ4v) is 2.65. The van der Waals surface area contributed by atoms with Crippen LogP contribution in [0.2, 0.25) is 0 Å². The van der Waals surface area contributed by atoms with Crippen molar-refractivity contribution in [2.24, 2.45) is 0 Å². The Kier molecular flexibility index (Phi) is 4.61. The summed E-state index contributed by atoms with van der Waals surface area (Å²) in [7, 11) is 1.60. The van der Waals surface area contributed by atoms with E-state index in [0.29, 0.717) is 9.88 Å². The Morgan fingerprint density at radius 1 is 1.45 bits per heavy atom. The number of benzene rings is 1. The number of nitrogens with one attached hydrogen (secondary N) is 1. The van der Waals surface area contributed by atoms with Crippen molar-refractivity contribution < 1.29 is 9.53 Å². The molecule has 2 rings (SSSR count). The second-order valence-corrected chi connectivity index (χ2v) is 5.20. The van der Waals surface area contributed by atoms with E-state index in [1.807, 2.05) is 24.3 Å². The highest BCUT2D eigenvalue weighted by molar-refractivity contribution is 7.17. The highest BCUT2D eigenvalue weighted by atomic mass is 35.5. The molecule has 0 saturated carbocycles. The van der Waals surface area contributed by atoms with Gasteiger partial charge in [0.05, 0.1) is 12.1 Å². The number of nitrogens with zero attached hydrogens (tertiary/aromatic N) is 1. The molecular weight excluding hydrogens is 296 g/mol. The zero-order valence-corrected chi connectivity index (χ0v) is 12.2. The lowest BCUT2D eigenvalue weighted by Crippen LogP contribution is -2.11. The van der Waals surface area contributed by atoms with Crippen LogP contribution in [0.4, 0.5) is 5.00 Å². The first-order valence-corrected chi connectivity index (χ1v) is 7.07. The highest BCUT2D eigenvalue weighted by Gasteiger charge is 2.12. The number of carbonyl (C=O) groups excluding carboxylic acids is 1. The Bertz CT molecular complexity index is 659. The van der Waals surface area contributed by atoms with Gasteiger partial charge in [0, 0.05) is 5.56 Å². The van der Waals surface area contributed by atoms with Crippen molar-refractivity contribution in [2.75, 3.05) is 18.3 Å². The van der Waals surface area contributed by atoms with Gasteiger partial charge in [-0.1, -0.05) is 12.1 Å². The molecule has 0 fully saturated rings. The molecule has 1 heterocycles. The summed E-state index contributed by atoms with van der Waals surface area (Å²) in [6.45, 7) is 0. The molecule has 1 N–H and O–H groups in total. The lowest BCUT2D eigenvalue weighted by atomic mass is 10.1. The average molecular weight is 307 g/mol. The normalized spacial score (nSPS) is 9.85. The summed E-state index contributed by atoms with van der Waals surface area (Å²) in [6.07, 6.45) is 0. The monoisotopic (exact) mass is 306 g/mol. The Labute approximate surface area is 125 Å². The first kappa shape index (κ1) is 14.4. The van der Waals surface area contributed by atoms with E-state index >= 15 is 0 Å². The molecule has 0 bridgehead atoms. The van der Waals surface area contributed by atoms with E-state index in [9.17, 15) is 10.1 Å². The number of hydrogen-bond acceptors (Lipinski definition) is 4. The lowest BCUT2D eigenvalue weighted by molar-refractivity contribution is -0.113. The number of rotatable bonds is 4. The quantitative estimate of drug-likeness (QED) is 0.880. The van der Waals surface area contributed by atoms with E-state index in [-0.39, 0.29) is 11.8 Å². The number of ether oxygens (including phenoxy) is 1. The molecule has 1 aromatic heterocycles. The minimum Gasteiger partial charge on any atom is -0.497 e. The SMILES string of the molecule is COc1ccc(-c2cc(NC(=O)CCl)sc2C#N)cc1. The molecular formula is C14H11ClN2O2S. The van der Waals surface area contributed by atoms with Crippen molar-refractivity contribution >= 4 is 33.8 Å². The van der Waals surface area contributed by atoms with Gasteiger partial charge in [-0.15, -0.1) is 22.9 Å². The fraction of sp³-hybridized carbons (Fsp3) is 0.143. The molecule has 0 atom stereocenters. The van der Waals surface area contributed by atoms with Gasteiger partial charge < -0.3 is 10.1 Å². The fourth-order valence-electron chi connectivity index (χ4n) is 1.69. The Morgan fingerprint density at radius 2 is 2.15 bits per heavy atom. The predicted octanol–water partition coefficient (Wildman–Crippen LogP) is 3.47. The van der Waals surface area contributed by atoms with Gasteiger partial charge in [0.1, 0.15) is 22.6 Å².